The fourth-order valence-corrected chi connectivity index (χ4v) is 4.82. The Kier molecular flexibility index (Phi) is 14.6. The number of ether oxygens (including phenoxy) is 5. The van der Waals surface area contributed by atoms with Gasteiger partial charge < -0.3 is 44.1 Å². The predicted octanol–water partition coefficient (Wildman–Crippen LogP) is 2.77. The maximum absolute atomic E-state index is 12.8. The van der Waals surface area contributed by atoms with Crippen LogP contribution in [-0.4, -0.2) is 98.3 Å². The van der Waals surface area contributed by atoms with Crippen LogP contribution >= 0.6 is 0 Å². The maximum Gasteiger partial charge on any atom is 0.329 e. The third-order valence-electron chi connectivity index (χ3n) is 7.31. The number of benzene rings is 3. The number of aliphatic hydroxyl groups is 1. The van der Waals surface area contributed by atoms with Gasteiger partial charge in [-0.15, -0.1) is 0 Å². The molecule has 12 nitrogen and oxygen atoms in total. The quantitative estimate of drug-likeness (QED) is 0.116. The molecule has 0 aliphatic carbocycles. The van der Waals surface area contributed by atoms with Crippen LogP contribution in [0.5, 0.6) is 5.75 Å². The molecule has 3 aromatic carbocycles. The lowest BCUT2D eigenvalue weighted by molar-refractivity contribution is -0.149. The number of rotatable bonds is 21. The topological polar surface area (TPSA) is 153 Å². The highest BCUT2D eigenvalue weighted by atomic mass is 16.6. The largest absolute Gasteiger partial charge is 0.508 e. The molecule has 2 amide bonds. The Labute approximate surface area is 274 Å². The third-order valence-corrected chi connectivity index (χ3v) is 7.31. The summed E-state index contributed by atoms with van der Waals surface area (Å²) in [5, 5.41) is 22.6. The lowest BCUT2D eigenvalue weighted by Gasteiger charge is -2.20. The molecule has 0 saturated heterocycles. The predicted molar refractivity (Wildman–Crippen MR) is 170 cm³/mol. The number of phenols is 1. The molecule has 252 valence electrons. The Bertz CT molecular complexity index is 1400. The van der Waals surface area contributed by atoms with E-state index in [4.69, 9.17) is 23.7 Å². The van der Waals surface area contributed by atoms with E-state index in [-0.39, 0.29) is 63.4 Å². The van der Waals surface area contributed by atoms with E-state index >= 15 is 0 Å². The number of hydrogen-bond donors (Lipinski definition) is 3. The summed E-state index contributed by atoms with van der Waals surface area (Å²) >= 11 is 0. The molecule has 2 atom stereocenters. The summed E-state index contributed by atoms with van der Waals surface area (Å²) in [6.07, 6.45) is -0.687. The van der Waals surface area contributed by atoms with Gasteiger partial charge in [-0.2, -0.15) is 0 Å². The number of carbonyl (C=O) groups excluding carboxylic acids is 3. The fourth-order valence-electron chi connectivity index (χ4n) is 4.82. The van der Waals surface area contributed by atoms with Crippen molar-refractivity contribution in [3.8, 4) is 5.75 Å². The molecule has 0 radical (unpaired) electrons. The summed E-state index contributed by atoms with van der Waals surface area (Å²) in [4.78, 5) is 39.2. The lowest BCUT2D eigenvalue weighted by Crippen LogP contribution is -2.43. The van der Waals surface area contributed by atoms with Crippen LogP contribution in [0.15, 0.2) is 78.9 Å². The summed E-state index contributed by atoms with van der Waals surface area (Å²) in [7, 11) is 0. The average molecular weight is 651 g/mol. The Morgan fingerprint density at radius 1 is 0.745 bits per heavy atom. The van der Waals surface area contributed by atoms with Crippen molar-refractivity contribution in [2.24, 2.45) is 0 Å². The van der Waals surface area contributed by atoms with Crippen LogP contribution in [0.2, 0.25) is 0 Å². The number of carbonyl (C=O) groups is 3. The Balaban J connectivity index is 1.01. The smallest absolute Gasteiger partial charge is 0.329 e. The van der Waals surface area contributed by atoms with Crippen molar-refractivity contribution < 1.29 is 48.3 Å². The molecule has 1 aliphatic rings. The van der Waals surface area contributed by atoms with Gasteiger partial charge >= 0.3 is 5.97 Å². The first-order valence-electron chi connectivity index (χ1n) is 15.6. The van der Waals surface area contributed by atoms with Crippen LogP contribution in [0.3, 0.4) is 0 Å². The zero-order valence-corrected chi connectivity index (χ0v) is 26.3. The number of fused-ring (bicyclic) bond motifs is 1. The normalized spacial score (nSPS) is 14.5. The number of esters is 1. The fraction of sp³-hybridized carbons (Fsp3) is 0.400. The minimum Gasteiger partial charge on any atom is -0.508 e. The molecule has 1 heterocycles. The minimum atomic E-state index is -0.951. The summed E-state index contributed by atoms with van der Waals surface area (Å²) < 4.78 is 27.4. The molecule has 3 N–H and O–H groups in total. The van der Waals surface area contributed by atoms with Gasteiger partial charge in [0.15, 0.2) is 6.23 Å². The van der Waals surface area contributed by atoms with Crippen LogP contribution < -0.4 is 5.32 Å². The SMILES string of the molecule is O=C(CCOCCOCCOCCOCCN1C(=O)c2ccccc2C1O)NC(Cc1ccc(O)cc1)C(=O)OCc1ccccc1. The number of aliphatic hydroxyl groups excluding tert-OH is 1. The van der Waals surface area contributed by atoms with Crippen molar-refractivity contribution >= 4 is 17.8 Å². The Hall–Kier alpha value is -4.33. The molecule has 2 unspecified atom stereocenters. The van der Waals surface area contributed by atoms with Crippen LogP contribution in [0, 0.1) is 0 Å². The monoisotopic (exact) mass is 650 g/mol. The number of phenolic OH excluding ortho intramolecular Hbond substituents is 1. The highest BCUT2D eigenvalue weighted by Gasteiger charge is 2.34. The first-order chi connectivity index (χ1) is 22.9. The number of amides is 2. The molecule has 4 rings (SSSR count). The molecule has 0 bridgehead atoms. The molecule has 0 saturated carbocycles. The van der Waals surface area contributed by atoms with E-state index in [0.29, 0.717) is 44.2 Å². The maximum atomic E-state index is 12.8. The average Bonchev–Trinajstić information content (AvgIpc) is 3.33. The molecule has 47 heavy (non-hydrogen) atoms. The van der Waals surface area contributed by atoms with E-state index in [1.165, 1.54) is 17.0 Å². The van der Waals surface area contributed by atoms with Gasteiger partial charge in [0, 0.05) is 30.5 Å². The van der Waals surface area contributed by atoms with Crippen molar-refractivity contribution in [2.45, 2.75) is 31.7 Å². The molecule has 0 spiro atoms. The Morgan fingerprint density at radius 2 is 1.34 bits per heavy atom. The van der Waals surface area contributed by atoms with Crippen molar-refractivity contribution in [2.75, 3.05) is 59.4 Å². The number of aromatic hydroxyl groups is 1. The van der Waals surface area contributed by atoms with Crippen LogP contribution in [0.1, 0.15) is 39.7 Å². The molecule has 0 fully saturated rings. The first kappa shape index (κ1) is 35.5. The Morgan fingerprint density at radius 3 is 2.00 bits per heavy atom. The third kappa shape index (κ3) is 11.8. The van der Waals surface area contributed by atoms with Gasteiger partial charge in [0.2, 0.25) is 5.91 Å². The summed E-state index contributed by atoms with van der Waals surface area (Å²) in [6, 6.07) is 21.8. The van der Waals surface area contributed by atoms with Crippen molar-refractivity contribution in [3.05, 3.63) is 101 Å². The molecular weight excluding hydrogens is 608 g/mol. The van der Waals surface area contributed by atoms with Crippen molar-refractivity contribution in [1.82, 2.24) is 10.2 Å². The van der Waals surface area contributed by atoms with Crippen LogP contribution in [0.4, 0.5) is 0 Å². The van der Waals surface area contributed by atoms with Gasteiger partial charge in [-0.25, -0.2) is 4.79 Å². The molecule has 1 aliphatic heterocycles. The van der Waals surface area contributed by atoms with Gasteiger partial charge in [0.1, 0.15) is 18.4 Å². The van der Waals surface area contributed by atoms with Gasteiger partial charge in [-0.05, 0) is 29.3 Å². The second-order valence-electron chi connectivity index (χ2n) is 10.7. The van der Waals surface area contributed by atoms with E-state index in [1.54, 1.807) is 36.4 Å². The summed E-state index contributed by atoms with van der Waals surface area (Å²) in [5.41, 5.74) is 2.73. The molecule has 3 aromatic rings. The zero-order chi connectivity index (χ0) is 33.3. The molecule has 0 aromatic heterocycles. The summed E-state index contributed by atoms with van der Waals surface area (Å²) in [6.45, 7) is 2.85. The van der Waals surface area contributed by atoms with E-state index in [2.05, 4.69) is 5.32 Å². The number of hydrogen-bond acceptors (Lipinski definition) is 10. The van der Waals surface area contributed by atoms with Gasteiger partial charge in [-0.1, -0.05) is 60.7 Å². The van der Waals surface area contributed by atoms with Gasteiger partial charge in [0.25, 0.3) is 5.91 Å². The second kappa shape index (κ2) is 19.4. The van der Waals surface area contributed by atoms with Crippen LogP contribution in [-0.2, 0) is 46.3 Å². The number of nitrogens with zero attached hydrogens (tertiary/aromatic N) is 1. The van der Waals surface area contributed by atoms with Crippen molar-refractivity contribution in [1.29, 1.82) is 0 Å². The lowest BCUT2D eigenvalue weighted by atomic mass is 10.1. The molecular formula is C35H42N2O10. The van der Waals surface area contributed by atoms with Crippen molar-refractivity contribution in [3.63, 3.8) is 0 Å². The summed E-state index contributed by atoms with van der Waals surface area (Å²) in [5.74, 6) is -0.998. The minimum absolute atomic E-state index is 0.0545. The highest BCUT2D eigenvalue weighted by Crippen LogP contribution is 2.30. The van der Waals surface area contributed by atoms with E-state index < -0.39 is 18.2 Å². The van der Waals surface area contributed by atoms with Crippen LogP contribution in [0.25, 0.3) is 0 Å². The van der Waals surface area contributed by atoms with E-state index in [0.717, 1.165) is 11.1 Å². The first-order valence-corrected chi connectivity index (χ1v) is 15.6. The zero-order valence-electron chi connectivity index (χ0n) is 26.3. The highest BCUT2D eigenvalue weighted by molar-refractivity contribution is 5.98. The van der Waals surface area contributed by atoms with E-state index in [1.807, 2.05) is 30.3 Å². The second-order valence-corrected chi connectivity index (χ2v) is 10.7. The van der Waals surface area contributed by atoms with Gasteiger partial charge in [-0.3, -0.25) is 9.59 Å². The van der Waals surface area contributed by atoms with Gasteiger partial charge in [0.05, 0.1) is 52.9 Å². The number of nitrogens with one attached hydrogen (secondary N) is 1. The van der Waals surface area contributed by atoms with E-state index in [9.17, 15) is 24.6 Å². The molecule has 12 heteroatoms. The standard InChI is InChI=1S/C35H42N2O10/c38-28-12-10-26(11-13-28)24-31(35(42)47-25-27-6-2-1-3-7-27)36-32(39)14-16-43-18-20-45-22-23-46-21-19-44-17-15-37-33(40)29-8-4-5-9-30(29)34(37)41/h1-13,31,33,38,40H,14-25H2,(H,36,39).